The number of aromatic carboxylic acids is 1. The number of carboxylic acid groups (broad SMARTS) is 1. The summed E-state index contributed by atoms with van der Waals surface area (Å²) in [6, 6.07) is 10.4. The molecule has 2 rings (SSSR count). The van der Waals surface area contributed by atoms with E-state index >= 15 is 0 Å². The van der Waals surface area contributed by atoms with Crippen molar-refractivity contribution in [3.05, 3.63) is 47.0 Å². The van der Waals surface area contributed by atoms with Gasteiger partial charge in [-0.2, -0.15) is 0 Å². The zero-order valence-electron chi connectivity index (χ0n) is 7.20. The van der Waals surface area contributed by atoms with Crippen molar-refractivity contribution in [2.75, 3.05) is 0 Å². The number of carbonyl (C=O) groups is 1. The highest BCUT2D eigenvalue weighted by atomic mass is 35.5. The van der Waals surface area contributed by atoms with Crippen LogP contribution >= 0.6 is 11.6 Å². The van der Waals surface area contributed by atoms with Crippen LogP contribution in [0.4, 0.5) is 0 Å². The molecule has 0 aliphatic rings. The van der Waals surface area contributed by atoms with Gasteiger partial charge in [-0.1, -0.05) is 23.7 Å². The molecule has 0 aliphatic heterocycles. The maximum absolute atomic E-state index is 10.7. The van der Waals surface area contributed by atoms with E-state index in [1.807, 2.05) is 6.07 Å². The molecule has 0 radical (unpaired) electrons. The van der Waals surface area contributed by atoms with E-state index in [1.54, 1.807) is 30.3 Å². The number of carboxylic acids is 1. The second-order valence-corrected chi connectivity index (χ2v) is 3.45. The molecule has 2 aromatic carbocycles. The van der Waals surface area contributed by atoms with Crippen molar-refractivity contribution >= 4 is 28.3 Å². The predicted molar refractivity (Wildman–Crippen MR) is 55.9 cm³/mol. The molecule has 0 aliphatic carbocycles. The molecule has 0 spiro atoms. The highest BCUT2D eigenvalue weighted by Gasteiger charge is 2.03. The quantitative estimate of drug-likeness (QED) is 0.778. The molecule has 3 heteroatoms. The van der Waals surface area contributed by atoms with Crippen molar-refractivity contribution in [1.82, 2.24) is 0 Å². The van der Waals surface area contributed by atoms with Crippen LogP contribution in [0, 0.1) is 0 Å². The van der Waals surface area contributed by atoms with Crippen molar-refractivity contribution < 1.29 is 9.90 Å². The summed E-state index contributed by atoms with van der Waals surface area (Å²) in [5.41, 5.74) is 0.278. The van der Waals surface area contributed by atoms with Crippen LogP contribution in [-0.2, 0) is 0 Å². The molecule has 1 N–H and O–H groups in total. The Morgan fingerprint density at radius 2 is 1.79 bits per heavy atom. The van der Waals surface area contributed by atoms with Gasteiger partial charge in [0.15, 0.2) is 0 Å². The van der Waals surface area contributed by atoms with E-state index in [0.29, 0.717) is 5.02 Å². The van der Waals surface area contributed by atoms with Crippen molar-refractivity contribution in [3.8, 4) is 0 Å². The minimum atomic E-state index is -0.924. The van der Waals surface area contributed by atoms with Gasteiger partial charge in [-0.05, 0) is 35.0 Å². The topological polar surface area (TPSA) is 37.3 Å². The summed E-state index contributed by atoms with van der Waals surface area (Å²) in [6.07, 6.45) is 0. The fourth-order valence-electron chi connectivity index (χ4n) is 1.35. The lowest BCUT2D eigenvalue weighted by Gasteiger charge is -1.99. The number of fused-ring (bicyclic) bond motifs is 1. The molecule has 0 unspecified atom stereocenters. The van der Waals surface area contributed by atoms with Gasteiger partial charge in [-0.3, -0.25) is 0 Å². The van der Waals surface area contributed by atoms with Gasteiger partial charge in [0.1, 0.15) is 0 Å². The zero-order valence-corrected chi connectivity index (χ0v) is 7.95. The summed E-state index contributed by atoms with van der Waals surface area (Å²) in [4.78, 5) is 10.7. The maximum Gasteiger partial charge on any atom is 0.335 e. The Morgan fingerprint density at radius 1 is 1.07 bits per heavy atom. The SMILES string of the molecule is O=C(O)c1ccc2ccc(Cl)cc2c1. The minimum Gasteiger partial charge on any atom is -0.478 e. The van der Waals surface area contributed by atoms with Gasteiger partial charge < -0.3 is 5.11 Å². The van der Waals surface area contributed by atoms with Gasteiger partial charge in [-0.25, -0.2) is 4.79 Å². The fraction of sp³-hybridized carbons (Fsp3) is 0. The predicted octanol–water partition coefficient (Wildman–Crippen LogP) is 3.19. The Kier molecular flexibility index (Phi) is 2.14. The van der Waals surface area contributed by atoms with Gasteiger partial charge >= 0.3 is 5.97 Å². The Morgan fingerprint density at radius 3 is 2.50 bits per heavy atom. The second kappa shape index (κ2) is 3.31. The smallest absolute Gasteiger partial charge is 0.335 e. The lowest BCUT2D eigenvalue weighted by Crippen LogP contribution is -1.94. The van der Waals surface area contributed by atoms with Gasteiger partial charge in [0.25, 0.3) is 0 Å². The number of halogens is 1. The van der Waals surface area contributed by atoms with Gasteiger partial charge in [0.05, 0.1) is 5.56 Å². The standard InChI is InChI=1S/C11H7ClO2/c12-10-4-3-7-1-2-8(11(13)14)5-9(7)6-10/h1-6H,(H,13,14). The molecule has 70 valence electrons. The molecule has 2 aromatic rings. The molecule has 0 atom stereocenters. The largest absolute Gasteiger partial charge is 0.478 e. The summed E-state index contributed by atoms with van der Waals surface area (Å²) in [5, 5.41) is 11.2. The molecule has 0 fully saturated rings. The Balaban J connectivity index is 2.69. The highest BCUT2D eigenvalue weighted by molar-refractivity contribution is 6.31. The molecule has 0 heterocycles. The first-order valence-corrected chi connectivity index (χ1v) is 4.47. The van der Waals surface area contributed by atoms with Gasteiger partial charge in [0.2, 0.25) is 0 Å². The van der Waals surface area contributed by atoms with Crippen LogP contribution in [0.15, 0.2) is 36.4 Å². The van der Waals surface area contributed by atoms with E-state index in [-0.39, 0.29) is 5.56 Å². The maximum atomic E-state index is 10.7. The van der Waals surface area contributed by atoms with Crippen LogP contribution in [0.3, 0.4) is 0 Å². The molecular formula is C11H7ClO2. The Bertz CT molecular complexity index is 506. The third-order valence-electron chi connectivity index (χ3n) is 2.05. The van der Waals surface area contributed by atoms with E-state index < -0.39 is 5.97 Å². The average molecular weight is 207 g/mol. The zero-order chi connectivity index (χ0) is 10.1. The van der Waals surface area contributed by atoms with Crippen LogP contribution in [0.25, 0.3) is 10.8 Å². The van der Waals surface area contributed by atoms with Crippen LogP contribution in [0.1, 0.15) is 10.4 Å². The first-order chi connectivity index (χ1) is 6.66. The third-order valence-corrected chi connectivity index (χ3v) is 2.28. The normalized spacial score (nSPS) is 10.4. The van der Waals surface area contributed by atoms with Gasteiger partial charge in [0, 0.05) is 5.02 Å². The summed E-state index contributed by atoms with van der Waals surface area (Å²) in [6.45, 7) is 0. The highest BCUT2D eigenvalue weighted by Crippen LogP contribution is 2.20. The van der Waals surface area contributed by atoms with Crippen molar-refractivity contribution in [2.45, 2.75) is 0 Å². The van der Waals surface area contributed by atoms with Crippen LogP contribution < -0.4 is 0 Å². The van der Waals surface area contributed by atoms with E-state index in [2.05, 4.69) is 0 Å². The monoisotopic (exact) mass is 206 g/mol. The van der Waals surface area contributed by atoms with Crippen molar-refractivity contribution in [1.29, 1.82) is 0 Å². The first-order valence-electron chi connectivity index (χ1n) is 4.09. The number of hydrogen-bond acceptors (Lipinski definition) is 1. The number of rotatable bonds is 1. The number of hydrogen-bond donors (Lipinski definition) is 1. The molecule has 14 heavy (non-hydrogen) atoms. The Labute approximate surface area is 85.7 Å². The molecule has 0 aromatic heterocycles. The van der Waals surface area contributed by atoms with Crippen molar-refractivity contribution in [3.63, 3.8) is 0 Å². The molecule has 0 saturated heterocycles. The third kappa shape index (κ3) is 1.56. The lowest BCUT2D eigenvalue weighted by molar-refractivity contribution is 0.0697. The molecule has 0 saturated carbocycles. The minimum absolute atomic E-state index is 0.278. The van der Waals surface area contributed by atoms with Gasteiger partial charge in [-0.15, -0.1) is 0 Å². The van der Waals surface area contributed by atoms with E-state index in [0.717, 1.165) is 10.8 Å². The Hall–Kier alpha value is -1.54. The summed E-state index contributed by atoms with van der Waals surface area (Å²) >= 11 is 5.80. The second-order valence-electron chi connectivity index (χ2n) is 3.01. The summed E-state index contributed by atoms with van der Waals surface area (Å²) in [7, 11) is 0. The molecular weight excluding hydrogens is 200 g/mol. The summed E-state index contributed by atoms with van der Waals surface area (Å²) < 4.78 is 0. The van der Waals surface area contributed by atoms with Crippen LogP contribution in [0.2, 0.25) is 5.02 Å². The first kappa shape index (κ1) is 9.03. The average Bonchev–Trinajstić information content (AvgIpc) is 2.16. The van der Waals surface area contributed by atoms with E-state index in [4.69, 9.17) is 16.7 Å². The molecule has 0 amide bonds. The van der Waals surface area contributed by atoms with Crippen molar-refractivity contribution in [2.24, 2.45) is 0 Å². The van der Waals surface area contributed by atoms with Crippen LogP contribution in [0.5, 0.6) is 0 Å². The molecule has 0 bridgehead atoms. The number of benzene rings is 2. The summed E-state index contributed by atoms with van der Waals surface area (Å²) in [5.74, 6) is -0.924. The lowest BCUT2D eigenvalue weighted by atomic mass is 10.1. The fourth-order valence-corrected chi connectivity index (χ4v) is 1.53. The van der Waals surface area contributed by atoms with E-state index in [1.165, 1.54) is 0 Å². The van der Waals surface area contributed by atoms with E-state index in [9.17, 15) is 4.79 Å². The molecule has 2 nitrogen and oxygen atoms in total. The van der Waals surface area contributed by atoms with Crippen LogP contribution in [-0.4, -0.2) is 11.1 Å².